The second-order valence-electron chi connectivity index (χ2n) is 5.21. The summed E-state index contributed by atoms with van der Waals surface area (Å²) in [4.78, 5) is 0.907. The van der Waals surface area contributed by atoms with E-state index < -0.39 is 11.6 Å². The number of aromatic nitrogens is 2. The van der Waals surface area contributed by atoms with Crippen LogP contribution in [0.1, 0.15) is 37.4 Å². The molecule has 0 amide bonds. The van der Waals surface area contributed by atoms with Crippen LogP contribution in [0.25, 0.3) is 10.8 Å². The van der Waals surface area contributed by atoms with E-state index in [0.29, 0.717) is 17.3 Å². The molecule has 2 atom stereocenters. The first kappa shape index (κ1) is 15.8. The van der Waals surface area contributed by atoms with Crippen molar-refractivity contribution in [1.29, 1.82) is 0 Å². The summed E-state index contributed by atoms with van der Waals surface area (Å²) in [5.74, 6) is -0.792. The quantitative estimate of drug-likeness (QED) is 0.746. The van der Waals surface area contributed by atoms with Gasteiger partial charge in [-0.05, 0) is 43.0 Å². The minimum Gasteiger partial charge on any atom is -0.418 e. The van der Waals surface area contributed by atoms with Crippen LogP contribution in [0.2, 0.25) is 0 Å². The molecule has 0 saturated carbocycles. The van der Waals surface area contributed by atoms with Gasteiger partial charge in [0.25, 0.3) is 5.89 Å². The molecule has 23 heavy (non-hydrogen) atoms. The summed E-state index contributed by atoms with van der Waals surface area (Å²) in [5, 5.41) is 13.2. The Bertz CT molecular complexity index is 788. The fourth-order valence-corrected chi connectivity index (χ4v) is 2.88. The Kier molecular flexibility index (Phi) is 4.49. The van der Waals surface area contributed by atoms with Gasteiger partial charge in [-0.3, -0.25) is 5.32 Å². The van der Waals surface area contributed by atoms with E-state index in [-0.39, 0.29) is 12.1 Å². The molecule has 120 valence electrons. The molecule has 0 aliphatic carbocycles. The summed E-state index contributed by atoms with van der Waals surface area (Å²) >= 11 is 1.52. The van der Waals surface area contributed by atoms with E-state index in [2.05, 4.69) is 15.5 Å². The summed E-state index contributed by atoms with van der Waals surface area (Å²) in [6.45, 7) is 3.74. The van der Waals surface area contributed by atoms with E-state index in [4.69, 9.17) is 4.42 Å². The van der Waals surface area contributed by atoms with Crippen molar-refractivity contribution < 1.29 is 13.2 Å². The van der Waals surface area contributed by atoms with E-state index in [0.717, 1.165) is 10.9 Å². The zero-order valence-corrected chi connectivity index (χ0v) is 13.4. The molecule has 1 N–H and O–H groups in total. The number of benzene rings is 1. The van der Waals surface area contributed by atoms with Crippen molar-refractivity contribution in [3.63, 3.8) is 0 Å². The van der Waals surface area contributed by atoms with Gasteiger partial charge >= 0.3 is 0 Å². The molecule has 3 aromatic rings. The zero-order chi connectivity index (χ0) is 16.4. The third-order valence-electron chi connectivity index (χ3n) is 3.49. The number of halogens is 2. The highest BCUT2D eigenvalue weighted by atomic mass is 32.1. The van der Waals surface area contributed by atoms with Crippen LogP contribution >= 0.6 is 11.3 Å². The van der Waals surface area contributed by atoms with Gasteiger partial charge in [-0.15, -0.1) is 21.5 Å². The highest BCUT2D eigenvalue weighted by molar-refractivity contribution is 7.13. The van der Waals surface area contributed by atoms with Gasteiger partial charge in [-0.1, -0.05) is 12.1 Å². The molecule has 0 saturated heterocycles. The Balaban J connectivity index is 1.71. The van der Waals surface area contributed by atoms with Crippen LogP contribution < -0.4 is 5.32 Å². The lowest BCUT2D eigenvalue weighted by Gasteiger charge is -2.18. The number of rotatable bonds is 5. The van der Waals surface area contributed by atoms with Crippen molar-refractivity contribution in [3.05, 3.63) is 58.8 Å². The maximum Gasteiger partial charge on any atom is 0.257 e. The highest BCUT2D eigenvalue weighted by Gasteiger charge is 2.18. The largest absolute Gasteiger partial charge is 0.418 e. The van der Waals surface area contributed by atoms with E-state index >= 15 is 0 Å². The summed E-state index contributed by atoms with van der Waals surface area (Å²) in [6.07, 6.45) is 0. The molecule has 0 aliphatic rings. The number of thiophene rings is 1. The van der Waals surface area contributed by atoms with Crippen LogP contribution in [-0.2, 0) is 0 Å². The van der Waals surface area contributed by atoms with Crippen molar-refractivity contribution >= 4 is 11.3 Å². The smallest absolute Gasteiger partial charge is 0.257 e. The Hall–Kier alpha value is -2.12. The van der Waals surface area contributed by atoms with Crippen LogP contribution in [0.15, 0.2) is 40.1 Å². The molecule has 0 bridgehead atoms. The van der Waals surface area contributed by atoms with Crippen molar-refractivity contribution in [2.24, 2.45) is 0 Å². The predicted molar refractivity (Wildman–Crippen MR) is 83.9 cm³/mol. The van der Waals surface area contributed by atoms with Gasteiger partial charge in [0, 0.05) is 6.04 Å². The van der Waals surface area contributed by atoms with Gasteiger partial charge in [0.05, 0.1) is 10.9 Å². The molecule has 4 nitrogen and oxygen atoms in total. The molecule has 0 fully saturated rings. The molecule has 0 aliphatic heterocycles. The molecule has 2 aromatic heterocycles. The van der Waals surface area contributed by atoms with E-state index in [1.54, 1.807) is 6.07 Å². The zero-order valence-electron chi connectivity index (χ0n) is 12.6. The first-order valence-corrected chi connectivity index (χ1v) is 8.01. The third-order valence-corrected chi connectivity index (χ3v) is 4.34. The molecule has 1 aromatic carbocycles. The molecule has 0 unspecified atom stereocenters. The average molecular weight is 335 g/mol. The summed E-state index contributed by atoms with van der Waals surface area (Å²) in [6, 6.07) is 7.25. The Labute approximate surface area is 136 Å². The van der Waals surface area contributed by atoms with Crippen molar-refractivity contribution in [2.45, 2.75) is 25.9 Å². The average Bonchev–Trinajstić information content (AvgIpc) is 3.20. The van der Waals surface area contributed by atoms with E-state index in [9.17, 15) is 8.78 Å². The van der Waals surface area contributed by atoms with Crippen molar-refractivity contribution in [3.8, 4) is 10.8 Å². The van der Waals surface area contributed by atoms with Crippen molar-refractivity contribution in [1.82, 2.24) is 15.5 Å². The fraction of sp³-hybridized carbons (Fsp3) is 0.250. The normalized spacial score (nSPS) is 13.9. The highest BCUT2D eigenvalue weighted by Crippen LogP contribution is 2.26. The van der Waals surface area contributed by atoms with Crippen LogP contribution in [0.5, 0.6) is 0 Å². The third kappa shape index (κ3) is 3.46. The second kappa shape index (κ2) is 6.55. The van der Waals surface area contributed by atoms with E-state index in [1.807, 2.05) is 31.4 Å². The number of nitrogens with zero attached hydrogens (tertiary/aromatic N) is 2. The van der Waals surface area contributed by atoms with Gasteiger partial charge < -0.3 is 4.42 Å². The first-order valence-electron chi connectivity index (χ1n) is 7.13. The maximum absolute atomic E-state index is 13.3. The Morgan fingerprint density at radius 3 is 2.61 bits per heavy atom. The maximum atomic E-state index is 13.3. The monoisotopic (exact) mass is 335 g/mol. The van der Waals surface area contributed by atoms with Gasteiger partial charge in [0.2, 0.25) is 5.89 Å². The summed E-state index contributed by atoms with van der Waals surface area (Å²) in [7, 11) is 0. The topological polar surface area (TPSA) is 51.0 Å². The Morgan fingerprint density at radius 1 is 1.09 bits per heavy atom. The lowest BCUT2D eigenvalue weighted by atomic mass is 10.1. The lowest BCUT2D eigenvalue weighted by molar-refractivity contribution is 0.394. The fourth-order valence-electron chi connectivity index (χ4n) is 2.23. The second-order valence-corrected chi connectivity index (χ2v) is 6.15. The van der Waals surface area contributed by atoms with Crippen LogP contribution in [0.4, 0.5) is 8.78 Å². The molecule has 0 spiro atoms. The number of hydrogen-bond acceptors (Lipinski definition) is 5. The van der Waals surface area contributed by atoms with Gasteiger partial charge in [0.1, 0.15) is 0 Å². The standard InChI is InChI=1S/C16H15F2N3OS/c1-9(11-5-6-12(17)13(18)8-11)19-10(2)15-20-21-16(22-15)14-4-3-7-23-14/h3-10,19H,1-2H3/t9-,10-/m0/s1. The van der Waals surface area contributed by atoms with Crippen molar-refractivity contribution in [2.75, 3.05) is 0 Å². The van der Waals surface area contributed by atoms with Crippen LogP contribution in [0.3, 0.4) is 0 Å². The SMILES string of the molecule is C[C@H](N[C@@H](C)c1nnc(-c2cccs2)o1)c1ccc(F)c(F)c1. The molecule has 7 heteroatoms. The number of hydrogen-bond donors (Lipinski definition) is 1. The predicted octanol–water partition coefficient (Wildman–Crippen LogP) is 4.49. The summed E-state index contributed by atoms with van der Waals surface area (Å²) < 4.78 is 32.0. The van der Waals surface area contributed by atoms with Crippen LogP contribution in [-0.4, -0.2) is 10.2 Å². The minimum atomic E-state index is -0.860. The number of nitrogens with one attached hydrogen (secondary N) is 1. The van der Waals surface area contributed by atoms with Gasteiger partial charge in [-0.2, -0.15) is 0 Å². The first-order chi connectivity index (χ1) is 11.0. The van der Waals surface area contributed by atoms with Gasteiger partial charge in [-0.25, -0.2) is 8.78 Å². The molecule has 0 radical (unpaired) electrons. The Morgan fingerprint density at radius 2 is 1.91 bits per heavy atom. The molecular weight excluding hydrogens is 320 g/mol. The van der Waals surface area contributed by atoms with Crippen LogP contribution in [0, 0.1) is 11.6 Å². The minimum absolute atomic E-state index is 0.197. The van der Waals surface area contributed by atoms with E-state index in [1.165, 1.54) is 17.4 Å². The molecular formula is C16H15F2N3OS. The molecule has 2 heterocycles. The van der Waals surface area contributed by atoms with Gasteiger partial charge in [0.15, 0.2) is 11.6 Å². The lowest BCUT2D eigenvalue weighted by Crippen LogP contribution is -2.23. The summed E-state index contributed by atoms with van der Waals surface area (Å²) in [5.41, 5.74) is 0.647. The molecule has 3 rings (SSSR count).